The topological polar surface area (TPSA) is 21.3 Å². The fourth-order valence-corrected chi connectivity index (χ4v) is 4.35. The first kappa shape index (κ1) is 14.6. The quantitative estimate of drug-likeness (QED) is 0.857. The van der Waals surface area contributed by atoms with Gasteiger partial charge in [0.1, 0.15) is 5.75 Å². The van der Waals surface area contributed by atoms with Gasteiger partial charge in [0.25, 0.3) is 0 Å². The number of hydrogen-bond acceptors (Lipinski definition) is 3. The third-order valence-corrected chi connectivity index (χ3v) is 5.38. The molecule has 3 heteroatoms. The number of rotatable bonds is 6. The molecule has 0 aliphatic heterocycles. The number of benzene rings is 1. The zero-order chi connectivity index (χ0) is 14.7. The maximum absolute atomic E-state index is 5.38. The highest BCUT2D eigenvalue weighted by Gasteiger charge is 2.21. The van der Waals surface area contributed by atoms with Crippen LogP contribution in [0.3, 0.4) is 0 Å². The van der Waals surface area contributed by atoms with Crippen molar-refractivity contribution >= 4 is 11.3 Å². The Morgan fingerprint density at radius 1 is 1.29 bits per heavy atom. The van der Waals surface area contributed by atoms with Crippen molar-refractivity contribution in [3.8, 4) is 5.75 Å². The van der Waals surface area contributed by atoms with Crippen molar-refractivity contribution in [1.82, 2.24) is 5.32 Å². The summed E-state index contributed by atoms with van der Waals surface area (Å²) in [6, 6.07) is 11.1. The van der Waals surface area contributed by atoms with Crippen LogP contribution in [-0.2, 0) is 12.8 Å². The van der Waals surface area contributed by atoms with E-state index in [1.54, 1.807) is 17.6 Å². The van der Waals surface area contributed by atoms with Crippen molar-refractivity contribution in [1.29, 1.82) is 0 Å². The predicted octanol–water partition coefficient (Wildman–Crippen LogP) is 4.33. The lowest BCUT2D eigenvalue weighted by molar-refractivity contribution is 0.413. The van der Waals surface area contributed by atoms with E-state index >= 15 is 0 Å². The number of aryl methyl sites for hydroxylation is 2. The van der Waals surface area contributed by atoms with Crippen LogP contribution >= 0.6 is 11.3 Å². The van der Waals surface area contributed by atoms with Crippen molar-refractivity contribution in [3.63, 3.8) is 0 Å². The summed E-state index contributed by atoms with van der Waals surface area (Å²) >= 11 is 1.99. The smallest absolute Gasteiger partial charge is 0.119 e. The normalized spacial score (nSPS) is 15.0. The standard InChI is InChI=1S/C18H23NOS/c1-3-10-19-18(14-7-4-8-15(11-14)20-2)17-12-13-6-5-9-16(13)21-17/h4,7-8,11-12,18-19H,3,5-6,9-10H2,1-2H3. The van der Waals surface area contributed by atoms with Gasteiger partial charge >= 0.3 is 0 Å². The minimum absolute atomic E-state index is 0.288. The van der Waals surface area contributed by atoms with Crippen molar-refractivity contribution in [2.45, 2.75) is 38.6 Å². The Balaban J connectivity index is 1.92. The number of thiophene rings is 1. The SMILES string of the molecule is CCCNC(c1cccc(OC)c1)c1cc2c(s1)CCC2. The molecule has 1 unspecified atom stereocenters. The number of nitrogens with one attached hydrogen (secondary N) is 1. The molecule has 1 aromatic carbocycles. The van der Waals surface area contributed by atoms with E-state index in [0.717, 1.165) is 18.7 Å². The highest BCUT2D eigenvalue weighted by molar-refractivity contribution is 7.12. The van der Waals surface area contributed by atoms with Crippen LogP contribution in [0.4, 0.5) is 0 Å². The fourth-order valence-electron chi connectivity index (χ4n) is 2.99. The van der Waals surface area contributed by atoms with E-state index < -0.39 is 0 Å². The Morgan fingerprint density at radius 3 is 2.95 bits per heavy atom. The van der Waals surface area contributed by atoms with Crippen LogP contribution in [0.1, 0.15) is 46.7 Å². The summed E-state index contributed by atoms with van der Waals surface area (Å²) in [7, 11) is 1.73. The molecule has 0 radical (unpaired) electrons. The second-order valence-electron chi connectivity index (χ2n) is 5.61. The summed E-state index contributed by atoms with van der Waals surface area (Å²) in [5.74, 6) is 0.930. The molecule has 1 N–H and O–H groups in total. The lowest BCUT2D eigenvalue weighted by Crippen LogP contribution is -2.22. The largest absolute Gasteiger partial charge is 0.497 e. The zero-order valence-corrected chi connectivity index (χ0v) is 13.6. The maximum Gasteiger partial charge on any atom is 0.119 e. The van der Waals surface area contributed by atoms with Gasteiger partial charge in [-0.25, -0.2) is 0 Å². The van der Waals surface area contributed by atoms with Crippen LogP contribution in [-0.4, -0.2) is 13.7 Å². The molecule has 0 saturated carbocycles. The second-order valence-corrected chi connectivity index (χ2v) is 6.78. The number of methoxy groups -OCH3 is 1. The molecule has 1 aromatic heterocycles. The second kappa shape index (κ2) is 6.63. The third-order valence-electron chi connectivity index (χ3n) is 4.08. The Morgan fingerprint density at radius 2 is 2.19 bits per heavy atom. The Hall–Kier alpha value is -1.32. The molecule has 112 valence electrons. The van der Waals surface area contributed by atoms with Crippen LogP contribution in [0, 0.1) is 0 Å². The molecule has 0 spiro atoms. The van der Waals surface area contributed by atoms with Crippen molar-refractivity contribution < 1.29 is 4.74 Å². The van der Waals surface area contributed by atoms with Gasteiger partial charge in [-0.05, 0) is 61.6 Å². The summed E-state index contributed by atoms with van der Waals surface area (Å²) < 4.78 is 5.38. The number of fused-ring (bicyclic) bond motifs is 1. The predicted molar refractivity (Wildman–Crippen MR) is 89.5 cm³/mol. The molecular formula is C18H23NOS. The first-order valence-corrected chi connectivity index (χ1v) is 8.62. The Kier molecular flexibility index (Phi) is 4.61. The molecule has 21 heavy (non-hydrogen) atoms. The van der Waals surface area contributed by atoms with Gasteiger partial charge in [-0.2, -0.15) is 0 Å². The lowest BCUT2D eigenvalue weighted by atomic mass is 10.0. The highest BCUT2D eigenvalue weighted by Crippen LogP contribution is 2.36. The van der Waals surface area contributed by atoms with Crippen molar-refractivity contribution in [2.75, 3.05) is 13.7 Å². The van der Waals surface area contributed by atoms with Gasteiger partial charge in [-0.3, -0.25) is 0 Å². The van der Waals surface area contributed by atoms with Crippen LogP contribution < -0.4 is 10.1 Å². The summed E-state index contributed by atoms with van der Waals surface area (Å²) in [6.45, 7) is 3.24. The van der Waals surface area contributed by atoms with Gasteiger partial charge in [0, 0.05) is 9.75 Å². The minimum Gasteiger partial charge on any atom is -0.497 e. The van der Waals surface area contributed by atoms with E-state index in [1.807, 2.05) is 17.4 Å². The van der Waals surface area contributed by atoms with E-state index in [2.05, 4.69) is 36.5 Å². The molecule has 0 amide bonds. The molecule has 2 nitrogen and oxygen atoms in total. The molecule has 1 aliphatic rings. The monoisotopic (exact) mass is 301 g/mol. The summed E-state index contributed by atoms with van der Waals surface area (Å²) in [5, 5.41) is 3.70. The summed E-state index contributed by atoms with van der Waals surface area (Å²) in [5.41, 5.74) is 2.86. The fraction of sp³-hybridized carbons (Fsp3) is 0.444. The van der Waals surface area contributed by atoms with E-state index in [1.165, 1.54) is 29.7 Å². The average molecular weight is 301 g/mol. The molecule has 0 fully saturated rings. The van der Waals surface area contributed by atoms with Crippen LogP contribution in [0.15, 0.2) is 30.3 Å². The van der Waals surface area contributed by atoms with E-state index in [-0.39, 0.29) is 6.04 Å². The molecule has 1 atom stereocenters. The van der Waals surface area contributed by atoms with E-state index in [9.17, 15) is 0 Å². The van der Waals surface area contributed by atoms with Crippen LogP contribution in [0.5, 0.6) is 5.75 Å². The maximum atomic E-state index is 5.38. The van der Waals surface area contributed by atoms with Crippen molar-refractivity contribution in [3.05, 3.63) is 51.2 Å². The zero-order valence-electron chi connectivity index (χ0n) is 12.8. The molecule has 3 rings (SSSR count). The Labute approximate surface area is 131 Å². The van der Waals surface area contributed by atoms with Crippen LogP contribution in [0.2, 0.25) is 0 Å². The van der Waals surface area contributed by atoms with Crippen molar-refractivity contribution in [2.24, 2.45) is 0 Å². The number of hydrogen-bond donors (Lipinski definition) is 1. The minimum atomic E-state index is 0.288. The molecular weight excluding hydrogens is 278 g/mol. The first-order valence-electron chi connectivity index (χ1n) is 7.80. The van der Waals surface area contributed by atoms with Crippen LogP contribution in [0.25, 0.3) is 0 Å². The molecule has 1 aliphatic carbocycles. The summed E-state index contributed by atoms with van der Waals surface area (Å²) in [6.07, 6.45) is 4.99. The lowest BCUT2D eigenvalue weighted by Gasteiger charge is -2.18. The molecule has 2 aromatic rings. The highest BCUT2D eigenvalue weighted by atomic mass is 32.1. The molecule has 0 saturated heterocycles. The van der Waals surface area contributed by atoms with Gasteiger partial charge in [-0.15, -0.1) is 11.3 Å². The van der Waals surface area contributed by atoms with Gasteiger partial charge < -0.3 is 10.1 Å². The van der Waals surface area contributed by atoms with E-state index in [0.29, 0.717) is 0 Å². The molecule has 0 bridgehead atoms. The van der Waals surface area contributed by atoms with Gasteiger partial charge in [-0.1, -0.05) is 19.1 Å². The average Bonchev–Trinajstić information content (AvgIpc) is 3.09. The Bertz CT molecular complexity index is 584. The van der Waals surface area contributed by atoms with E-state index in [4.69, 9.17) is 4.74 Å². The summed E-state index contributed by atoms with van der Waals surface area (Å²) in [4.78, 5) is 3.04. The molecule has 1 heterocycles. The van der Waals surface area contributed by atoms with Gasteiger partial charge in [0.2, 0.25) is 0 Å². The first-order chi connectivity index (χ1) is 10.3. The van der Waals surface area contributed by atoms with Gasteiger partial charge in [0.15, 0.2) is 0 Å². The van der Waals surface area contributed by atoms with Gasteiger partial charge in [0.05, 0.1) is 13.2 Å². The number of ether oxygens (including phenoxy) is 1. The third kappa shape index (κ3) is 3.14.